The molecular formula is C21H34O2. The molecule has 0 aliphatic rings. The van der Waals surface area contributed by atoms with Crippen molar-refractivity contribution in [1.29, 1.82) is 0 Å². The quantitative estimate of drug-likeness (QED) is 0.647. The molecule has 0 radical (unpaired) electrons. The van der Waals surface area contributed by atoms with E-state index in [0.717, 1.165) is 17.1 Å². The molecule has 0 aromatic heterocycles. The van der Waals surface area contributed by atoms with Gasteiger partial charge in [-0.1, -0.05) is 69.7 Å². The van der Waals surface area contributed by atoms with Crippen molar-refractivity contribution in [3.63, 3.8) is 0 Å². The maximum atomic E-state index is 5.40. The van der Waals surface area contributed by atoms with Crippen LogP contribution in [-0.4, -0.2) is 13.7 Å². The van der Waals surface area contributed by atoms with E-state index < -0.39 is 0 Å². The summed E-state index contributed by atoms with van der Waals surface area (Å²) in [6.45, 7) is 14.7. The largest absolute Gasteiger partial charge is 0.496 e. The van der Waals surface area contributed by atoms with Crippen LogP contribution in [0.3, 0.4) is 0 Å². The maximum Gasteiger partial charge on any atom is 0.125 e. The highest BCUT2D eigenvalue weighted by Crippen LogP contribution is 2.26. The summed E-state index contributed by atoms with van der Waals surface area (Å²) in [7, 11) is 1.66. The van der Waals surface area contributed by atoms with Crippen LogP contribution in [0, 0.1) is 13.8 Å². The van der Waals surface area contributed by atoms with E-state index in [0.29, 0.717) is 6.61 Å². The minimum Gasteiger partial charge on any atom is -0.496 e. The van der Waals surface area contributed by atoms with E-state index in [2.05, 4.69) is 19.1 Å². The summed E-state index contributed by atoms with van der Waals surface area (Å²) >= 11 is 0. The number of methoxy groups -OCH3 is 1. The molecule has 0 fully saturated rings. The smallest absolute Gasteiger partial charge is 0.125 e. The first-order valence-corrected chi connectivity index (χ1v) is 8.47. The van der Waals surface area contributed by atoms with Crippen LogP contribution in [-0.2, 0) is 0 Å². The van der Waals surface area contributed by atoms with E-state index >= 15 is 0 Å². The van der Waals surface area contributed by atoms with Gasteiger partial charge in [0, 0.05) is 5.56 Å². The van der Waals surface area contributed by atoms with Crippen molar-refractivity contribution in [2.45, 2.75) is 48.5 Å². The van der Waals surface area contributed by atoms with E-state index in [9.17, 15) is 0 Å². The number of hydrogen-bond acceptors (Lipinski definition) is 2. The van der Waals surface area contributed by atoms with E-state index in [-0.39, 0.29) is 0 Å². The van der Waals surface area contributed by atoms with Crippen molar-refractivity contribution in [3.05, 3.63) is 59.7 Å². The highest BCUT2D eigenvalue weighted by atomic mass is 16.5. The first-order valence-electron chi connectivity index (χ1n) is 8.47. The van der Waals surface area contributed by atoms with Gasteiger partial charge in [0.1, 0.15) is 11.5 Å². The Hall–Kier alpha value is -1.96. The number of benzene rings is 2. The normalized spacial score (nSPS) is 8.17. The summed E-state index contributed by atoms with van der Waals surface area (Å²) in [6.07, 6.45) is 0. The molecule has 0 aliphatic carbocycles. The molecule has 0 amide bonds. The van der Waals surface area contributed by atoms with E-state index in [1.54, 1.807) is 7.11 Å². The lowest BCUT2D eigenvalue weighted by atomic mass is 10.2. The van der Waals surface area contributed by atoms with Gasteiger partial charge in [-0.2, -0.15) is 0 Å². The number of rotatable bonds is 3. The van der Waals surface area contributed by atoms with Crippen LogP contribution in [0.5, 0.6) is 11.5 Å². The van der Waals surface area contributed by atoms with Gasteiger partial charge in [0.15, 0.2) is 0 Å². The molecule has 0 saturated heterocycles. The van der Waals surface area contributed by atoms with Crippen molar-refractivity contribution >= 4 is 0 Å². The fraction of sp³-hybridized carbons (Fsp3) is 0.429. The Kier molecular flexibility index (Phi) is 16.6. The monoisotopic (exact) mass is 318 g/mol. The van der Waals surface area contributed by atoms with Gasteiger partial charge in [-0.15, -0.1) is 0 Å². The third-order valence-corrected chi connectivity index (χ3v) is 2.69. The number of ether oxygens (including phenoxy) is 2. The molecule has 2 aromatic carbocycles. The Morgan fingerprint density at radius 2 is 1.26 bits per heavy atom. The van der Waals surface area contributed by atoms with Crippen LogP contribution in [0.25, 0.3) is 0 Å². The highest BCUT2D eigenvalue weighted by molar-refractivity contribution is 5.43. The van der Waals surface area contributed by atoms with Crippen molar-refractivity contribution in [1.82, 2.24) is 0 Å². The zero-order valence-corrected chi connectivity index (χ0v) is 16.1. The predicted octanol–water partition coefficient (Wildman–Crippen LogP) is 6.45. The van der Waals surface area contributed by atoms with Crippen LogP contribution < -0.4 is 9.47 Å². The van der Waals surface area contributed by atoms with Crippen molar-refractivity contribution < 1.29 is 9.47 Å². The molecule has 0 N–H and O–H groups in total. The summed E-state index contributed by atoms with van der Waals surface area (Å²) in [5, 5.41) is 0. The second-order valence-corrected chi connectivity index (χ2v) is 4.17. The van der Waals surface area contributed by atoms with Gasteiger partial charge in [-0.25, -0.2) is 0 Å². The fourth-order valence-electron chi connectivity index (χ4n) is 1.66. The van der Waals surface area contributed by atoms with Gasteiger partial charge >= 0.3 is 0 Å². The van der Waals surface area contributed by atoms with Gasteiger partial charge in [0.25, 0.3) is 0 Å². The third kappa shape index (κ3) is 10.4. The maximum absolute atomic E-state index is 5.40. The lowest BCUT2D eigenvalue weighted by molar-refractivity contribution is 0.333. The molecule has 0 heterocycles. The van der Waals surface area contributed by atoms with Crippen LogP contribution >= 0.6 is 0 Å². The van der Waals surface area contributed by atoms with Crippen molar-refractivity contribution in [2.24, 2.45) is 0 Å². The Bertz CT molecular complexity index is 478. The van der Waals surface area contributed by atoms with Crippen LogP contribution in [0.1, 0.15) is 45.7 Å². The molecule has 2 aromatic rings. The van der Waals surface area contributed by atoms with E-state index in [4.69, 9.17) is 9.47 Å². The first-order chi connectivity index (χ1) is 11.2. The molecule has 23 heavy (non-hydrogen) atoms. The second-order valence-electron chi connectivity index (χ2n) is 4.17. The Morgan fingerprint density at radius 1 is 0.739 bits per heavy atom. The standard InChI is InChI=1S/C10H14O2.C7H8.2C2H6/c1-4-12-10-7-5-6-9(11-3)8(10)2;1-7-5-3-2-4-6-7;2*1-2/h5-7H,4H2,1-3H3;2-6H,1H3;2*1-2H3. The molecule has 0 saturated carbocycles. The summed E-state index contributed by atoms with van der Waals surface area (Å²) in [5.74, 6) is 1.78. The molecule has 0 atom stereocenters. The van der Waals surface area contributed by atoms with Crippen molar-refractivity contribution in [2.75, 3.05) is 13.7 Å². The third-order valence-electron chi connectivity index (χ3n) is 2.69. The summed E-state index contributed by atoms with van der Waals surface area (Å²) < 4.78 is 10.6. The van der Waals surface area contributed by atoms with Gasteiger partial charge in [-0.05, 0) is 32.9 Å². The van der Waals surface area contributed by atoms with Crippen LogP contribution in [0.15, 0.2) is 48.5 Å². The first kappa shape index (κ1) is 23.3. The molecule has 0 aliphatic heterocycles. The molecule has 2 nitrogen and oxygen atoms in total. The minimum absolute atomic E-state index is 0.688. The Labute approximate surface area is 143 Å². The van der Waals surface area contributed by atoms with Crippen LogP contribution in [0.2, 0.25) is 0 Å². The summed E-state index contributed by atoms with van der Waals surface area (Å²) in [6, 6.07) is 16.1. The minimum atomic E-state index is 0.688. The fourth-order valence-corrected chi connectivity index (χ4v) is 1.66. The molecule has 0 spiro atoms. The highest BCUT2D eigenvalue weighted by Gasteiger charge is 2.03. The van der Waals surface area contributed by atoms with Gasteiger partial charge in [0.2, 0.25) is 0 Å². The van der Waals surface area contributed by atoms with E-state index in [1.165, 1.54) is 5.56 Å². The summed E-state index contributed by atoms with van der Waals surface area (Å²) in [5.41, 5.74) is 2.38. The SMILES string of the molecule is CC.CC.CCOc1cccc(OC)c1C.Cc1ccccc1. The second kappa shape index (κ2) is 16.4. The predicted molar refractivity (Wildman–Crippen MR) is 103 cm³/mol. The average molecular weight is 319 g/mol. The van der Waals surface area contributed by atoms with Gasteiger partial charge < -0.3 is 9.47 Å². The average Bonchev–Trinajstić information content (AvgIpc) is 2.62. The number of hydrogen-bond donors (Lipinski definition) is 0. The van der Waals surface area contributed by atoms with Crippen LogP contribution in [0.4, 0.5) is 0 Å². The lowest BCUT2D eigenvalue weighted by Crippen LogP contribution is -1.95. The van der Waals surface area contributed by atoms with Crippen molar-refractivity contribution in [3.8, 4) is 11.5 Å². The zero-order chi connectivity index (χ0) is 18.1. The topological polar surface area (TPSA) is 18.5 Å². The lowest BCUT2D eigenvalue weighted by Gasteiger charge is -2.09. The molecular weight excluding hydrogens is 284 g/mol. The molecule has 0 unspecified atom stereocenters. The molecule has 130 valence electrons. The van der Waals surface area contributed by atoms with E-state index in [1.807, 2.05) is 77.9 Å². The van der Waals surface area contributed by atoms with Gasteiger partial charge in [0.05, 0.1) is 13.7 Å². The zero-order valence-electron chi connectivity index (χ0n) is 16.1. The number of aryl methyl sites for hydroxylation is 1. The Balaban J connectivity index is 0. The summed E-state index contributed by atoms with van der Waals surface area (Å²) in [4.78, 5) is 0. The Morgan fingerprint density at radius 3 is 1.65 bits per heavy atom. The van der Waals surface area contributed by atoms with Gasteiger partial charge in [-0.3, -0.25) is 0 Å². The molecule has 2 rings (SSSR count). The molecule has 2 heteroatoms. The molecule has 0 bridgehead atoms.